The molecule has 1 atom stereocenters. The van der Waals surface area contributed by atoms with Gasteiger partial charge in [-0.15, -0.1) is 0 Å². The Bertz CT molecular complexity index is 349. The van der Waals surface area contributed by atoms with Gasteiger partial charge in [-0.1, -0.05) is 0 Å². The monoisotopic (exact) mass is 243 g/mol. The van der Waals surface area contributed by atoms with E-state index < -0.39 is 30.4 Å². The Balaban J connectivity index is 4.70. The highest BCUT2D eigenvalue weighted by Crippen LogP contribution is 2.07. The fourth-order valence-electron chi connectivity index (χ4n) is 1.29. The van der Waals surface area contributed by atoms with E-state index in [2.05, 4.69) is 0 Å². The fourth-order valence-corrected chi connectivity index (χ4v) is 1.29. The molecule has 0 heterocycles. The van der Waals surface area contributed by atoms with Crippen molar-refractivity contribution in [2.24, 2.45) is 5.73 Å². The highest BCUT2D eigenvalue weighted by Gasteiger charge is 2.27. The number of nitrogens with two attached hydrogens (primary N) is 1. The second-order valence-electron chi connectivity index (χ2n) is 3.32. The lowest BCUT2D eigenvalue weighted by Crippen LogP contribution is -2.46. The SMILES string of the molecule is N#CCN(CC(N)=O)[C@@H](CCC(=O)O)C(=O)O. The Hall–Kier alpha value is -2.14. The first-order valence-corrected chi connectivity index (χ1v) is 4.72. The maximum absolute atomic E-state index is 10.9. The minimum Gasteiger partial charge on any atom is -0.481 e. The van der Waals surface area contributed by atoms with Crippen molar-refractivity contribution in [2.75, 3.05) is 13.1 Å². The molecule has 0 aliphatic heterocycles. The van der Waals surface area contributed by atoms with Crippen LogP contribution in [-0.2, 0) is 14.4 Å². The van der Waals surface area contributed by atoms with Crippen molar-refractivity contribution in [3.05, 3.63) is 0 Å². The van der Waals surface area contributed by atoms with Crippen LogP contribution in [0.15, 0.2) is 0 Å². The molecule has 0 aromatic carbocycles. The van der Waals surface area contributed by atoms with Crippen LogP contribution in [0.25, 0.3) is 0 Å². The van der Waals surface area contributed by atoms with E-state index in [-0.39, 0.29) is 19.4 Å². The zero-order valence-corrected chi connectivity index (χ0v) is 9.00. The molecular weight excluding hydrogens is 230 g/mol. The Morgan fingerprint density at radius 3 is 2.29 bits per heavy atom. The predicted octanol–water partition coefficient (Wildman–Crippen LogP) is -1.38. The number of hydrogen-bond donors (Lipinski definition) is 3. The predicted molar refractivity (Wildman–Crippen MR) is 54.7 cm³/mol. The van der Waals surface area contributed by atoms with E-state index in [0.29, 0.717) is 0 Å². The lowest BCUT2D eigenvalue weighted by Gasteiger charge is -2.24. The third kappa shape index (κ3) is 6.11. The largest absolute Gasteiger partial charge is 0.481 e. The summed E-state index contributed by atoms with van der Waals surface area (Å²) in [7, 11) is 0. The molecular formula is C9H13N3O5. The number of carbonyl (C=O) groups is 3. The van der Waals surface area contributed by atoms with Crippen molar-refractivity contribution in [3.63, 3.8) is 0 Å². The second kappa shape index (κ2) is 7.19. The lowest BCUT2D eigenvalue weighted by molar-refractivity contribution is -0.144. The molecule has 0 saturated carbocycles. The number of aliphatic carboxylic acids is 2. The molecule has 0 aromatic rings. The highest BCUT2D eigenvalue weighted by molar-refractivity contribution is 5.79. The van der Waals surface area contributed by atoms with Gasteiger partial charge in [0.1, 0.15) is 6.04 Å². The lowest BCUT2D eigenvalue weighted by atomic mass is 10.1. The maximum atomic E-state index is 10.9. The van der Waals surface area contributed by atoms with Crippen molar-refractivity contribution >= 4 is 17.8 Å². The summed E-state index contributed by atoms with van der Waals surface area (Å²) in [5, 5.41) is 25.9. The van der Waals surface area contributed by atoms with Crippen molar-refractivity contribution in [1.82, 2.24) is 4.90 Å². The molecule has 0 saturated heterocycles. The first-order chi connectivity index (χ1) is 7.88. The van der Waals surface area contributed by atoms with E-state index in [1.807, 2.05) is 0 Å². The molecule has 8 nitrogen and oxygen atoms in total. The maximum Gasteiger partial charge on any atom is 0.320 e. The Labute approximate surface area is 97.2 Å². The average molecular weight is 243 g/mol. The summed E-state index contributed by atoms with van der Waals surface area (Å²) in [5.41, 5.74) is 4.92. The molecule has 0 rings (SSSR count). The van der Waals surface area contributed by atoms with Gasteiger partial charge in [-0.3, -0.25) is 19.3 Å². The van der Waals surface area contributed by atoms with E-state index in [1.165, 1.54) is 0 Å². The Morgan fingerprint density at radius 2 is 1.94 bits per heavy atom. The zero-order valence-electron chi connectivity index (χ0n) is 9.00. The Morgan fingerprint density at radius 1 is 1.35 bits per heavy atom. The molecule has 0 aromatic heterocycles. The fraction of sp³-hybridized carbons (Fsp3) is 0.556. The van der Waals surface area contributed by atoms with Crippen LogP contribution in [0.4, 0.5) is 0 Å². The number of nitriles is 1. The summed E-state index contributed by atoms with van der Waals surface area (Å²) in [4.78, 5) is 33.0. The van der Waals surface area contributed by atoms with Gasteiger partial charge in [0.15, 0.2) is 0 Å². The smallest absolute Gasteiger partial charge is 0.320 e. The van der Waals surface area contributed by atoms with Crippen molar-refractivity contribution in [2.45, 2.75) is 18.9 Å². The molecule has 4 N–H and O–H groups in total. The van der Waals surface area contributed by atoms with Crippen LogP contribution >= 0.6 is 0 Å². The minimum atomic E-state index is -1.29. The molecule has 0 radical (unpaired) electrons. The third-order valence-electron chi connectivity index (χ3n) is 1.99. The van der Waals surface area contributed by atoms with Crippen LogP contribution in [0.1, 0.15) is 12.8 Å². The van der Waals surface area contributed by atoms with Gasteiger partial charge in [-0.05, 0) is 6.42 Å². The molecule has 0 aliphatic rings. The summed E-state index contributed by atoms with van der Waals surface area (Å²) in [6, 6.07) is 0.494. The number of amides is 1. The van der Waals surface area contributed by atoms with E-state index in [9.17, 15) is 14.4 Å². The number of nitrogens with zero attached hydrogens (tertiary/aromatic N) is 2. The van der Waals surface area contributed by atoms with Crippen LogP contribution < -0.4 is 5.73 Å². The highest BCUT2D eigenvalue weighted by atomic mass is 16.4. The number of primary amides is 1. The summed E-state index contributed by atoms with van der Waals surface area (Å²) >= 11 is 0. The van der Waals surface area contributed by atoms with Crippen molar-refractivity contribution in [3.8, 4) is 6.07 Å². The molecule has 0 unspecified atom stereocenters. The van der Waals surface area contributed by atoms with Gasteiger partial charge in [0.05, 0.1) is 19.2 Å². The van der Waals surface area contributed by atoms with E-state index >= 15 is 0 Å². The van der Waals surface area contributed by atoms with Gasteiger partial charge < -0.3 is 15.9 Å². The summed E-state index contributed by atoms with van der Waals surface area (Å²) < 4.78 is 0. The van der Waals surface area contributed by atoms with E-state index in [1.54, 1.807) is 6.07 Å². The van der Waals surface area contributed by atoms with Crippen molar-refractivity contribution < 1.29 is 24.6 Å². The molecule has 8 heteroatoms. The molecule has 0 fully saturated rings. The van der Waals surface area contributed by atoms with Gasteiger partial charge in [0.2, 0.25) is 5.91 Å². The van der Waals surface area contributed by atoms with Gasteiger partial charge in [0.25, 0.3) is 0 Å². The van der Waals surface area contributed by atoms with E-state index in [4.69, 9.17) is 21.2 Å². The summed E-state index contributed by atoms with van der Waals surface area (Å²) in [5.74, 6) is -3.21. The van der Waals surface area contributed by atoms with Crippen LogP contribution in [-0.4, -0.2) is 52.1 Å². The number of rotatable bonds is 8. The molecule has 0 bridgehead atoms. The standard InChI is InChI=1S/C9H13N3O5/c10-3-4-12(5-7(11)13)6(9(16)17)1-2-8(14)15/h6H,1-2,4-5H2,(H2,11,13)(H,14,15)(H,16,17)/t6-/m0/s1. The number of hydrogen-bond acceptors (Lipinski definition) is 5. The molecule has 1 amide bonds. The Kier molecular flexibility index (Phi) is 6.28. The molecule has 17 heavy (non-hydrogen) atoms. The first-order valence-electron chi connectivity index (χ1n) is 4.72. The topological polar surface area (TPSA) is 145 Å². The van der Waals surface area contributed by atoms with Crippen LogP contribution in [0.5, 0.6) is 0 Å². The van der Waals surface area contributed by atoms with Crippen molar-refractivity contribution in [1.29, 1.82) is 5.26 Å². The summed E-state index contributed by atoms with van der Waals surface area (Å²) in [6.07, 6.45) is -0.558. The van der Waals surface area contributed by atoms with Crippen LogP contribution in [0, 0.1) is 11.3 Å². The average Bonchev–Trinajstić information content (AvgIpc) is 2.16. The minimum absolute atomic E-state index is 0.195. The number of carbonyl (C=O) groups excluding carboxylic acids is 1. The van der Waals surface area contributed by atoms with Crippen LogP contribution in [0.3, 0.4) is 0 Å². The van der Waals surface area contributed by atoms with Gasteiger partial charge in [-0.2, -0.15) is 5.26 Å². The van der Waals surface area contributed by atoms with Gasteiger partial charge in [-0.25, -0.2) is 0 Å². The first kappa shape index (κ1) is 14.9. The zero-order chi connectivity index (χ0) is 13.4. The van der Waals surface area contributed by atoms with Gasteiger partial charge in [0, 0.05) is 6.42 Å². The number of carboxylic acids is 2. The number of carboxylic acid groups (broad SMARTS) is 2. The van der Waals surface area contributed by atoms with Crippen LogP contribution in [0.2, 0.25) is 0 Å². The second-order valence-corrected chi connectivity index (χ2v) is 3.32. The normalized spacial score (nSPS) is 11.8. The molecule has 0 spiro atoms. The molecule has 0 aliphatic carbocycles. The third-order valence-corrected chi connectivity index (χ3v) is 1.99. The summed E-state index contributed by atoms with van der Waals surface area (Å²) in [6.45, 7) is -0.705. The quantitative estimate of drug-likeness (QED) is 0.445. The van der Waals surface area contributed by atoms with E-state index in [0.717, 1.165) is 4.90 Å². The molecule has 94 valence electrons. The van der Waals surface area contributed by atoms with Gasteiger partial charge >= 0.3 is 11.9 Å².